The quantitative estimate of drug-likeness (QED) is 0.704. The van der Waals surface area contributed by atoms with E-state index in [2.05, 4.69) is 10.7 Å². The zero-order chi connectivity index (χ0) is 19.8. The number of rotatable bonds is 8. The number of nitrogens with one attached hydrogen (secondary N) is 2. The zero-order valence-electron chi connectivity index (χ0n) is 16.5. The number of benzene rings is 2. The number of nitrogens with zero attached hydrogens (tertiary/aromatic N) is 1. The predicted octanol–water partition coefficient (Wildman–Crippen LogP) is 3.24. The highest BCUT2D eigenvalue weighted by Gasteiger charge is 2.25. The molecule has 0 saturated carbocycles. The van der Waals surface area contributed by atoms with Crippen LogP contribution in [-0.2, 0) is 16.0 Å². The molecule has 0 fully saturated rings. The number of hydrazine groups is 1. The molecule has 0 radical (unpaired) electrons. The van der Waals surface area contributed by atoms with Crippen LogP contribution in [0.2, 0.25) is 0 Å². The fourth-order valence-corrected chi connectivity index (χ4v) is 2.79. The van der Waals surface area contributed by atoms with Gasteiger partial charge in [0.15, 0.2) is 0 Å². The number of carbonyl (C=O) groups is 2. The van der Waals surface area contributed by atoms with Crippen LogP contribution in [-0.4, -0.2) is 24.4 Å². The van der Waals surface area contributed by atoms with Gasteiger partial charge < -0.3 is 5.32 Å². The van der Waals surface area contributed by atoms with Crippen LogP contribution in [0.5, 0.6) is 0 Å². The van der Waals surface area contributed by atoms with Crippen molar-refractivity contribution in [3.63, 3.8) is 0 Å². The largest absolute Gasteiger partial charge is 0.344 e. The number of hydrogen-bond acceptors (Lipinski definition) is 3. The maximum absolute atomic E-state index is 12.8. The van der Waals surface area contributed by atoms with Gasteiger partial charge in [0.05, 0.1) is 12.1 Å². The Morgan fingerprint density at radius 1 is 1.00 bits per heavy atom. The Morgan fingerprint density at radius 2 is 1.63 bits per heavy atom. The van der Waals surface area contributed by atoms with E-state index in [9.17, 15) is 9.59 Å². The minimum absolute atomic E-state index is 0.0264. The third-order valence-corrected chi connectivity index (χ3v) is 4.38. The highest BCUT2D eigenvalue weighted by atomic mass is 16.2. The van der Waals surface area contributed by atoms with Crippen LogP contribution in [0.25, 0.3) is 0 Å². The van der Waals surface area contributed by atoms with Crippen LogP contribution in [0.4, 0.5) is 5.69 Å². The lowest BCUT2D eigenvalue weighted by atomic mass is 10.0. The van der Waals surface area contributed by atoms with Crippen molar-refractivity contribution in [2.24, 2.45) is 5.92 Å². The maximum atomic E-state index is 12.8. The summed E-state index contributed by atoms with van der Waals surface area (Å²) in [6.07, 6.45) is 0.257. The predicted molar refractivity (Wildman–Crippen MR) is 109 cm³/mol. The molecule has 0 aliphatic rings. The van der Waals surface area contributed by atoms with E-state index >= 15 is 0 Å². The minimum atomic E-state index is -0.597. The van der Waals surface area contributed by atoms with Crippen LogP contribution in [0, 0.1) is 12.8 Å². The summed E-state index contributed by atoms with van der Waals surface area (Å²) in [5.41, 5.74) is 5.93. The molecule has 1 atom stereocenters. The van der Waals surface area contributed by atoms with Gasteiger partial charge in [0.2, 0.25) is 5.91 Å². The molecule has 0 unspecified atom stereocenters. The Balaban J connectivity index is 2.02. The molecule has 2 amide bonds. The van der Waals surface area contributed by atoms with Crippen molar-refractivity contribution in [1.29, 1.82) is 0 Å². The summed E-state index contributed by atoms with van der Waals surface area (Å²) in [4.78, 5) is 25.2. The zero-order valence-corrected chi connectivity index (χ0v) is 16.5. The molecule has 0 aliphatic heterocycles. The summed E-state index contributed by atoms with van der Waals surface area (Å²) < 4.78 is 0. The molecule has 5 nitrogen and oxygen atoms in total. The molecule has 27 heavy (non-hydrogen) atoms. The Morgan fingerprint density at radius 3 is 2.19 bits per heavy atom. The fraction of sp³-hybridized carbons (Fsp3) is 0.364. The first-order valence-electron chi connectivity index (χ1n) is 9.38. The Hall–Kier alpha value is -2.82. The van der Waals surface area contributed by atoms with E-state index in [0.717, 1.165) is 16.8 Å². The number of anilines is 1. The lowest BCUT2D eigenvalue weighted by molar-refractivity contribution is -0.129. The van der Waals surface area contributed by atoms with Gasteiger partial charge in [-0.15, -0.1) is 0 Å². The molecular formula is C22H29N3O2. The smallest absolute Gasteiger partial charge is 0.261 e. The van der Waals surface area contributed by atoms with Crippen molar-refractivity contribution in [2.45, 2.75) is 40.2 Å². The summed E-state index contributed by atoms with van der Waals surface area (Å²) in [5, 5.41) is 4.67. The Kier molecular flexibility index (Phi) is 7.41. The average molecular weight is 367 g/mol. The minimum Gasteiger partial charge on any atom is -0.344 e. The maximum Gasteiger partial charge on any atom is 0.261 e. The first-order valence-corrected chi connectivity index (χ1v) is 9.38. The van der Waals surface area contributed by atoms with Crippen molar-refractivity contribution in [3.8, 4) is 0 Å². The average Bonchev–Trinajstić information content (AvgIpc) is 2.65. The van der Waals surface area contributed by atoms with Gasteiger partial charge in [-0.3, -0.25) is 20.0 Å². The molecule has 0 aromatic heterocycles. The second-order valence-corrected chi connectivity index (χ2v) is 7.01. The summed E-state index contributed by atoms with van der Waals surface area (Å²) in [6.45, 7) is 8.47. The second-order valence-electron chi connectivity index (χ2n) is 7.01. The van der Waals surface area contributed by atoms with Crippen LogP contribution >= 0.6 is 0 Å². The summed E-state index contributed by atoms with van der Waals surface area (Å²) in [5.74, 6) is -0.399. The Bertz CT molecular complexity index is 742. The number of carbonyl (C=O) groups excluding carboxylic acids is 2. The van der Waals surface area contributed by atoms with Crippen LogP contribution in [0.1, 0.15) is 31.9 Å². The van der Waals surface area contributed by atoms with Crippen molar-refractivity contribution in [2.75, 3.05) is 11.6 Å². The molecule has 0 spiro atoms. The standard InChI is InChI=1S/C22H29N3O2/c1-5-25(19-13-11-17(4)12-14-19)24-22(27)21(16(2)3)23-20(26)15-18-9-7-6-8-10-18/h6-14,16,21H,5,15H2,1-4H3,(H,23,26)(H,24,27)/t21-/m0/s1. The summed E-state index contributed by atoms with van der Waals surface area (Å²) in [6, 6.07) is 16.9. The van der Waals surface area contributed by atoms with Crippen LogP contribution in [0.15, 0.2) is 54.6 Å². The van der Waals surface area contributed by atoms with Crippen molar-refractivity contribution < 1.29 is 9.59 Å². The van der Waals surface area contributed by atoms with Gasteiger partial charge in [0.1, 0.15) is 6.04 Å². The number of aryl methyl sites for hydroxylation is 1. The molecular weight excluding hydrogens is 338 g/mol. The van der Waals surface area contributed by atoms with E-state index in [-0.39, 0.29) is 24.2 Å². The number of amides is 2. The summed E-state index contributed by atoms with van der Waals surface area (Å²) in [7, 11) is 0. The third kappa shape index (κ3) is 6.13. The molecule has 0 saturated heterocycles. The summed E-state index contributed by atoms with van der Waals surface area (Å²) >= 11 is 0. The first kappa shape index (κ1) is 20.5. The van der Waals surface area contributed by atoms with E-state index in [1.807, 2.05) is 82.3 Å². The normalized spacial score (nSPS) is 11.7. The van der Waals surface area contributed by atoms with Gasteiger partial charge in [0, 0.05) is 6.54 Å². The van der Waals surface area contributed by atoms with Gasteiger partial charge in [-0.2, -0.15) is 0 Å². The van der Waals surface area contributed by atoms with Gasteiger partial charge in [-0.1, -0.05) is 61.9 Å². The highest BCUT2D eigenvalue weighted by Crippen LogP contribution is 2.13. The lowest BCUT2D eigenvalue weighted by Gasteiger charge is -2.28. The van der Waals surface area contributed by atoms with E-state index in [1.54, 1.807) is 5.01 Å². The second kappa shape index (κ2) is 9.76. The molecule has 0 heterocycles. The molecule has 2 rings (SSSR count). The van der Waals surface area contributed by atoms with E-state index < -0.39 is 6.04 Å². The van der Waals surface area contributed by atoms with Gasteiger partial charge in [0.25, 0.3) is 5.91 Å². The molecule has 144 valence electrons. The van der Waals surface area contributed by atoms with E-state index in [4.69, 9.17) is 0 Å². The van der Waals surface area contributed by atoms with Crippen molar-refractivity contribution >= 4 is 17.5 Å². The van der Waals surface area contributed by atoms with Crippen LogP contribution < -0.4 is 15.8 Å². The van der Waals surface area contributed by atoms with Gasteiger partial charge in [-0.05, 0) is 37.5 Å². The fourth-order valence-electron chi connectivity index (χ4n) is 2.79. The highest BCUT2D eigenvalue weighted by molar-refractivity contribution is 5.89. The van der Waals surface area contributed by atoms with E-state index in [0.29, 0.717) is 6.54 Å². The van der Waals surface area contributed by atoms with Crippen molar-refractivity contribution in [1.82, 2.24) is 10.7 Å². The molecule has 2 N–H and O–H groups in total. The van der Waals surface area contributed by atoms with Crippen LogP contribution in [0.3, 0.4) is 0 Å². The molecule has 2 aromatic carbocycles. The topological polar surface area (TPSA) is 61.4 Å². The van der Waals surface area contributed by atoms with E-state index in [1.165, 1.54) is 0 Å². The first-order chi connectivity index (χ1) is 12.9. The molecule has 0 bridgehead atoms. The van der Waals surface area contributed by atoms with Gasteiger partial charge in [-0.25, -0.2) is 0 Å². The monoisotopic (exact) mass is 367 g/mol. The molecule has 2 aromatic rings. The Labute approximate surface area is 161 Å². The SMILES string of the molecule is CCN(NC(=O)[C@@H](NC(=O)Cc1ccccc1)C(C)C)c1ccc(C)cc1. The third-order valence-electron chi connectivity index (χ3n) is 4.38. The number of hydrogen-bond donors (Lipinski definition) is 2. The van der Waals surface area contributed by atoms with Gasteiger partial charge >= 0.3 is 0 Å². The molecule has 5 heteroatoms. The molecule has 0 aliphatic carbocycles. The lowest BCUT2D eigenvalue weighted by Crippen LogP contribution is -2.54. The van der Waals surface area contributed by atoms with Crippen molar-refractivity contribution in [3.05, 3.63) is 65.7 Å².